The van der Waals surface area contributed by atoms with Gasteiger partial charge < -0.3 is 9.13 Å². The lowest BCUT2D eigenvalue weighted by molar-refractivity contribution is 1.19. The van der Waals surface area contributed by atoms with Gasteiger partial charge in [-0.1, -0.05) is 171 Å². The molecule has 9 aromatic carbocycles. The molecule has 2 heterocycles. The van der Waals surface area contributed by atoms with Crippen LogP contribution in [0.5, 0.6) is 0 Å². The summed E-state index contributed by atoms with van der Waals surface area (Å²) in [6, 6.07) is 53.0. The van der Waals surface area contributed by atoms with Crippen LogP contribution in [-0.4, -0.2) is 87.6 Å². The maximum atomic E-state index is 7.44. The Bertz CT molecular complexity index is 3770. The van der Waals surface area contributed by atoms with Crippen LogP contribution in [-0.2, 0) is 0 Å². The zero-order valence-corrected chi connectivity index (χ0v) is 35.7. The monoisotopic (exact) mass is 812 g/mol. The Morgan fingerprint density at radius 2 is 0.606 bits per heavy atom. The molecule has 0 aliphatic carbocycles. The second kappa shape index (κ2) is 16.0. The molecule has 2 aromatic heterocycles. The third-order valence-corrected chi connectivity index (χ3v) is 13.1. The first-order valence-corrected chi connectivity index (χ1v) is 21.3. The number of nitrogens with zero attached hydrogens (tertiary/aromatic N) is 2. The van der Waals surface area contributed by atoms with Crippen LogP contribution in [0.4, 0.5) is 0 Å². The zero-order chi connectivity index (χ0) is 45.7. The smallest absolute Gasteiger partial charge is 0.115 e. The number of fused-ring (bicyclic) bond motifs is 6. The molecule has 0 bridgehead atoms. The predicted molar refractivity (Wildman–Crippen MR) is 291 cm³/mol. The Morgan fingerprint density at radius 1 is 0.258 bits per heavy atom. The van der Waals surface area contributed by atoms with Gasteiger partial charge in [-0.25, -0.2) is 0 Å². The van der Waals surface area contributed by atoms with Gasteiger partial charge >= 0.3 is 0 Å². The molecular formula is C54H26B10N2. The fraction of sp³-hybridized carbons (Fsp3) is 0. The Balaban J connectivity index is 1.20. The summed E-state index contributed by atoms with van der Waals surface area (Å²) in [5.41, 5.74) is 12.7. The van der Waals surface area contributed by atoms with Crippen LogP contribution in [0.15, 0.2) is 158 Å². The third-order valence-electron chi connectivity index (χ3n) is 13.1. The van der Waals surface area contributed by atoms with E-state index in [1.165, 1.54) is 0 Å². The second-order valence-electron chi connectivity index (χ2n) is 16.7. The summed E-state index contributed by atoms with van der Waals surface area (Å²) in [5, 5.41) is 2.39. The first-order valence-electron chi connectivity index (χ1n) is 21.3. The fourth-order valence-corrected chi connectivity index (χ4v) is 9.78. The van der Waals surface area contributed by atoms with Crippen LogP contribution < -0.4 is 54.6 Å². The number of aromatic nitrogens is 2. The van der Waals surface area contributed by atoms with Gasteiger partial charge in [-0.15, -0.1) is 10.9 Å². The highest BCUT2D eigenvalue weighted by Crippen LogP contribution is 2.36. The SMILES string of the molecule is [B]c1c([B])c([B])c2c(c1[B])c1c([B])c(-c3c([B])c([B])c4c(c3[B])c3ccc(-c5ccccc5)cc3n4-c3ccc(-c4ccccc4)cc3)c([B])c([B])c1n2-c1ccc(-c2ccccc2)cc1. The topological polar surface area (TPSA) is 9.86 Å². The first kappa shape index (κ1) is 41.9. The molecule has 282 valence electrons. The number of rotatable bonds is 6. The summed E-state index contributed by atoms with van der Waals surface area (Å²) >= 11 is 0. The summed E-state index contributed by atoms with van der Waals surface area (Å²) in [6.07, 6.45) is 0. The Morgan fingerprint density at radius 3 is 1.09 bits per heavy atom. The Kier molecular flexibility index (Phi) is 10.1. The zero-order valence-electron chi connectivity index (χ0n) is 35.7. The van der Waals surface area contributed by atoms with E-state index in [9.17, 15) is 0 Å². The van der Waals surface area contributed by atoms with Crippen molar-refractivity contribution in [3.05, 3.63) is 158 Å². The van der Waals surface area contributed by atoms with Gasteiger partial charge in [-0.05, 0) is 80.2 Å². The average molecular weight is 811 g/mol. The summed E-state index contributed by atoms with van der Waals surface area (Å²) < 4.78 is 3.98. The molecule has 0 N–H and O–H groups in total. The minimum absolute atomic E-state index is 0.110. The van der Waals surface area contributed by atoms with Crippen LogP contribution in [0.1, 0.15) is 0 Å². The van der Waals surface area contributed by atoms with Gasteiger partial charge in [0, 0.05) is 44.1 Å². The van der Waals surface area contributed by atoms with Crippen molar-refractivity contribution in [3.63, 3.8) is 0 Å². The van der Waals surface area contributed by atoms with Crippen LogP contribution in [0.25, 0.3) is 99.5 Å². The quantitative estimate of drug-likeness (QED) is 0.229. The molecule has 0 fully saturated rings. The fourth-order valence-electron chi connectivity index (χ4n) is 9.78. The second-order valence-corrected chi connectivity index (χ2v) is 16.7. The molecule has 0 saturated heterocycles. The van der Waals surface area contributed by atoms with Crippen LogP contribution in [0, 0.1) is 0 Å². The Labute approximate surface area is 397 Å². The van der Waals surface area contributed by atoms with Gasteiger partial charge in [0.05, 0.1) is 5.52 Å². The van der Waals surface area contributed by atoms with Gasteiger partial charge in [0.25, 0.3) is 0 Å². The van der Waals surface area contributed by atoms with Crippen LogP contribution in [0.3, 0.4) is 0 Å². The lowest BCUT2D eigenvalue weighted by Gasteiger charge is -2.25. The molecule has 0 aliphatic heterocycles. The highest BCUT2D eigenvalue weighted by atomic mass is 15.0. The standard InChI is InChI=1S/C54H26B10N2/c55-42-37-35-25-20-32(29-14-8-3-9-15-29)26-36(35)65(33-21-16-30(17-22-33)27-10-4-1-5-11-27)52(37)49(62)44(57)38(42)39-43(56)40-41-46(59)47(60)48(61)51(64)54(41)66(53(40)50(63)45(39)58)34-23-18-31(19-24-34)28-12-6-2-7-13-28/h1-26H. The van der Waals surface area contributed by atoms with E-state index >= 15 is 0 Å². The third kappa shape index (κ3) is 6.24. The van der Waals surface area contributed by atoms with Crippen molar-refractivity contribution in [2.24, 2.45) is 0 Å². The van der Waals surface area contributed by atoms with Crippen molar-refractivity contribution in [1.82, 2.24) is 9.13 Å². The molecule has 0 spiro atoms. The average Bonchev–Trinajstić information content (AvgIpc) is 3.90. The van der Waals surface area contributed by atoms with Crippen molar-refractivity contribution < 1.29 is 0 Å². The van der Waals surface area contributed by atoms with E-state index in [4.69, 9.17) is 78.5 Å². The summed E-state index contributed by atoms with van der Waals surface area (Å²) in [7, 11) is 70.6. The van der Waals surface area contributed by atoms with E-state index in [1.807, 2.05) is 95.6 Å². The maximum Gasteiger partial charge on any atom is 0.115 e. The number of hydrogen-bond donors (Lipinski definition) is 0. The molecule has 11 rings (SSSR count). The molecule has 0 atom stereocenters. The van der Waals surface area contributed by atoms with E-state index in [0.29, 0.717) is 55.0 Å². The number of hydrogen-bond acceptors (Lipinski definition) is 0. The molecule has 20 radical (unpaired) electrons. The largest absolute Gasteiger partial charge is 0.311 e. The molecule has 66 heavy (non-hydrogen) atoms. The molecule has 11 aromatic rings. The molecule has 0 amide bonds. The van der Waals surface area contributed by atoms with Gasteiger partial charge in [0.15, 0.2) is 0 Å². The van der Waals surface area contributed by atoms with Gasteiger partial charge in [0.1, 0.15) is 78.5 Å². The van der Waals surface area contributed by atoms with Crippen molar-refractivity contribution in [1.29, 1.82) is 0 Å². The summed E-state index contributed by atoms with van der Waals surface area (Å²) in [5.74, 6) is 0. The normalized spacial score (nSPS) is 11.6. The van der Waals surface area contributed by atoms with Crippen molar-refractivity contribution in [2.45, 2.75) is 0 Å². The first-order chi connectivity index (χ1) is 32.0. The Hall–Kier alpha value is -6.77. The van der Waals surface area contributed by atoms with Crippen molar-refractivity contribution in [3.8, 4) is 55.9 Å². The molecule has 0 saturated carbocycles. The molecule has 12 heteroatoms. The van der Waals surface area contributed by atoms with Crippen molar-refractivity contribution in [2.75, 3.05) is 0 Å². The predicted octanol–water partition coefficient (Wildman–Crippen LogP) is 2.49. The van der Waals surface area contributed by atoms with E-state index < -0.39 is 0 Å². The number of benzene rings is 9. The van der Waals surface area contributed by atoms with Gasteiger partial charge in [-0.3, -0.25) is 0 Å². The van der Waals surface area contributed by atoms with E-state index in [0.717, 1.165) is 50.0 Å². The van der Waals surface area contributed by atoms with Crippen LogP contribution >= 0.6 is 0 Å². The lowest BCUT2D eigenvalue weighted by Crippen LogP contribution is -2.48. The van der Waals surface area contributed by atoms with Gasteiger partial charge in [-0.2, -0.15) is 0 Å². The highest BCUT2D eigenvalue weighted by Gasteiger charge is 2.27. The van der Waals surface area contributed by atoms with Gasteiger partial charge in [0.2, 0.25) is 0 Å². The molecule has 0 unspecified atom stereocenters. The maximum absolute atomic E-state index is 7.44. The lowest BCUT2D eigenvalue weighted by atomic mass is 9.62. The molecular weight excluding hydrogens is 785 g/mol. The van der Waals surface area contributed by atoms with Crippen molar-refractivity contribution >= 4 is 177 Å². The molecule has 0 aliphatic rings. The summed E-state index contributed by atoms with van der Waals surface area (Å²) in [4.78, 5) is 0. The van der Waals surface area contributed by atoms with Crippen LogP contribution in [0.2, 0.25) is 0 Å². The van der Waals surface area contributed by atoms with E-state index in [1.54, 1.807) is 0 Å². The highest BCUT2D eigenvalue weighted by molar-refractivity contribution is 6.70. The minimum Gasteiger partial charge on any atom is -0.311 e. The van der Waals surface area contributed by atoms with E-state index in [2.05, 4.69) is 71.3 Å². The van der Waals surface area contributed by atoms with E-state index in [-0.39, 0.29) is 49.2 Å². The summed E-state index contributed by atoms with van der Waals surface area (Å²) in [6.45, 7) is 0. The molecule has 2 nitrogen and oxygen atoms in total. The minimum atomic E-state index is 0.110.